The van der Waals surface area contributed by atoms with Gasteiger partial charge in [-0.15, -0.1) is 0 Å². The van der Waals surface area contributed by atoms with Crippen LogP contribution in [0.5, 0.6) is 0 Å². The summed E-state index contributed by atoms with van der Waals surface area (Å²) in [7, 11) is 4.05. The summed E-state index contributed by atoms with van der Waals surface area (Å²) in [6.45, 7) is 6.64. The average Bonchev–Trinajstić information content (AvgIpc) is 2.60. The minimum absolute atomic E-state index is 0.407. The number of nitrogens with zero attached hydrogens (tertiary/aromatic N) is 2. The summed E-state index contributed by atoms with van der Waals surface area (Å²) < 4.78 is 0. The number of nitrogens with two attached hydrogens (primary N) is 1. The first-order valence-electron chi connectivity index (χ1n) is 8.57. The smallest absolute Gasteiger partial charge is 0.0730 e. The van der Waals surface area contributed by atoms with E-state index in [0.717, 1.165) is 39.8 Å². The van der Waals surface area contributed by atoms with E-state index in [9.17, 15) is 0 Å². The van der Waals surface area contributed by atoms with Gasteiger partial charge in [-0.1, -0.05) is 60.7 Å². The van der Waals surface area contributed by atoms with E-state index in [1.165, 1.54) is 0 Å². The average molecular weight is 366 g/mol. The summed E-state index contributed by atoms with van der Waals surface area (Å²) in [6, 6.07) is 16.1. The third-order valence-electron chi connectivity index (χ3n) is 4.50. The van der Waals surface area contributed by atoms with Crippen molar-refractivity contribution in [3.8, 4) is 11.3 Å². The van der Waals surface area contributed by atoms with Crippen LogP contribution in [0.15, 0.2) is 55.1 Å². The van der Waals surface area contributed by atoms with Gasteiger partial charge in [0.2, 0.25) is 0 Å². The molecular formula is C22H24ClN3. The van der Waals surface area contributed by atoms with Crippen molar-refractivity contribution in [2.24, 2.45) is 5.73 Å². The van der Waals surface area contributed by atoms with Crippen LogP contribution in [0.4, 0.5) is 0 Å². The van der Waals surface area contributed by atoms with Crippen molar-refractivity contribution < 1.29 is 0 Å². The minimum atomic E-state index is -0.407. The molecule has 3 aromatic rings. The molecule has 0 aliphatic carbocycles. The molecule has 4 heteroatoms. The molecule has 0 fully saturated rings. The fraction of sp³-hybridized carbons (Fsp3) is 0.227. The number of benzene rings is 2. The van der Waals surface area contributed by atoms with Gasteiger partial charge in [0.1, 0.15) is 0 Å². The van der Waals surface area contributed by atoms with Crippen molar-refractivity contribution in [1.29, 1.82) is 0 Å². The van der Waals surface area contributed by atoms with Crippen LogP contribution in [0.2, 0.25) is 5.02 Å². The first-order valence-corrected chi connectivity index (χ1v) is 8.95. The Morgan fingerprint density at radius 3 is 2.46 bits per heavy atom. The molecule has 0 saturated heterocycles. The molecule has 1 unspecified atom stereocenters. The van der Waals surface area contributed by atoms with Crippen LogP contribution >= 0.6 is 11.6 Å². The van der Waals surface area contributed by atoms with Crippen LogP contribution < -0.4 is 5.73 Å². The Balaban J connectivity index is 2.00. The summed E-state index contributed by atoms with van der Waals surface area (Å²) in [6.07, 6.45) is 1.81. The van der Waals surface area contributed by atoms with Gasteiger partial charge in [0.15, 0.2) is 0 Å². The molecule has 0 aliphatic rings. The molecule has 1 atom stereocenters. The topological polar surface area (TPSA) is 42.1 Å². The van der Waals surface area contributed by atoms with Crippen LogP contribution in [-0.2, 0) is 5.54 Å². The number of likely N-dealkylation sites (N-methyl/N-ethyl adjacent to an activating group) is 1. The van der Waals surface area contributed by atoms with E-state index in [1.807, 2.05) is 51.4 Å². The fourth-order valence-electron chi connectivity index (χ4n) is 3.25. The molecule has 0 radical (unpaired) electrons. The molecule has 0 amide bonds. The first kappa shape index (κ1) is 18.6. The fourth-order valence-corrected chi connectivity index (χ4v) is 3.51. The van der Waals surface area contributed by atoms with E-state index >= 15 is 0 Å². The Morgan fingerprint density at radius 1 is 1.15 bits per heavy atom. The second kappa shape index (κ2) is 7.20. The molecular weight excluding hydrogens is 342 g/mol. The molecule has 1 heterocycles. The van der Waals surface area contributed by atoms with Crippen molar-refractivity contribution >= 4 is 28.6 Å². The molecule has 0 spiro atoms. The zero-order valence-electron chi connectivity index (χ0n) is 15.5. The number of hydrogen-bond donors (Lipinski definition) is 1. The summed E-state index contributed by atoms with van der Waals surface area (Å²) >= 11 is 6.48. The van der Waals surface area contributed by atoms with Gasteiger partial charge in [0.05, 0.1) is 21.8 Å². The lowest BCUT2D eigenvalue weighted by atomic mass is 9.91. The van der Waals surface area contributed by atoms with Gasteiger partial charge >= 0.3 is 0 Å². The van der Waals surface area contributed by atoms with Gasteiger partial charge in [-0.2, -0.15) is 0 Å². The Kier molecular flexibility index (Phi) is 5.15. The standard InChI is InChI=1S/C22H24ClN3/c1-5-15-6-11-18-19(23)13-20(25-21(18)12-15)16-7-9-17(10-8-16)22(2,24)14-26(3)4/h5-13H,1,14,24H2,2-4H3. The molecule has 134 valence electrons. The largest absolute Gasteiger partial charge is 0.321 e. The highest BCUT2D eigenvalue weighted by molar-refractivity contribution is 6.35. The second-order valence-electron chi connectivity index (χ2n) is 7.20. The predicted octanol–water partition coefficient (Wildman–Crippen LogP) is 4.93. The molecule has 0 bridgehead atoms. The highest BCUT2D eigenvalue weighted by Crippen LogP contribution is 2.30. The number of rotatable bonds is 5. The molecule has 26 heavy (non-hydrogen) atoms. The summed E-state index contributed by atoms with van der Waals surface area (Å²) in [5.41, 5.74) is 10.9. The molecule has 1 aromatic heterocycles. The van der Waals surface area contributed by atoms with Crippen LogP contribution in [0.25, 0.3) is 28.2 Å². The Hall–Kier alpha value is -2.20. The zero-order valence-corrected chi connectivity index (χ0v) is 16.2. The second-order valence-corrected chi connectivity index (χ2v) is 7.61. The Morgan fingerprint density at radius 2 is 1.85 bits per heavy atom. The lowest BCUT2D eigenvalue weighted by Gasteiger charge is -2.28. The van der Waals surface area contributed by atoms with Gasteiger partial charge in [0, 0.05) is 17.5 Å². The van der Waals surface area contributed by atoms with E-state index in [0.29, 0.717) is 5.02 Å². The van der Waals surface area contributed by atoms with E-state index in [2.05, 4.69) is 35.7 Å². The number of pyridine rings is 1. The maximum absolute atomic E-state index is 6.48. The third kappa shape index (κ3) is 3.80. The highest BCUT2D eigenvalue weighted by Gasteiger charge is 2.22. The van der Waals surface area contributed by atoms with Gasteiger partial charge in [-0.25, -0.2) is 4.98 Å². The summed E-state index contributed by atoms with van der Waals surface area (Å²) in [4.78, 5) is 6.88. The lowest BCUT2D eigenvalue weighted by molar-refractivity contribution is 0.304. The zero-order chi connectivity index (χ0) is 18.9. The lowest BCUT2D eigenvalue weighted by Crippen LogP contribution is -2.42. The highest BCUT2D eigenvalue weighted by atomic mass is 35.5. The van der Waals surface area contributed by atoms with E-state index in [-0.39, 0.29) is 0 Å². The van der Waals surface area contributed by atoms with E-state index in [4.69, 9.17) is 22.3 Å². The quantitative estimate of drug-likeness (QED) is 0.696. The summed E-state index contributed by atoms with van der Waals surface area (Å²) in [5, 5.41) is 1.64. The van der Waals surface area contributed by atoms with E-state index in [1.54, 1.807) is 0 Å². The van der Waals surface area contributed by atoms with Gasteiger partial charge in [-0.05, 0) is 44.3 Å². The van der Waals surface area contributed by atoms with Gasteiger partial charge in [0.25, 0.3) is 0 Å². The van der Waals surface area contributed by atoms with Crippen molar-refractivity contribution in [3.63, 3.8) is 0 Å². The first-order chi connectivity index (χ1) is 12.3. The van der Waals surface area contributed by atoms with Crippen LogP contribution in [-0.4, -0.2) is 30.5 Å². The van der Waals surface area contributed by atoms with Crippen molar-refractivity contribution in [2.45, 2.75) is 12.5 Å². The van der Waals surface area contributed by atoms with Gasteiger partial charge in [-0.3, -0.25) is 0 Å². The minimum Gasteiger partial charge on any atom is -0.321 e. The SMILES string of the molecule is C=Cc1ccc2c(Cl)cc(-c3ccc(C(C)(N)CN(C)C)cc3)nc2c1. The number of fused-ring (bicyclic) bond motifs is 1. The van der Waals surface area contributed by atoms with Crippen molar-refractivity contribution in [1.82, 2.24) is 9.88 Å². The van der Waals surface area contributed by atoms with Gasteiger partial charge < -0.3 is 10.6 Å². The Bertz CT molecular complexity index is 944. The van der Waals surface area contributed by atoms with Crippen molar-refractivity contribution in [3.05, 3.63) is 71.3 Å². The predicted molar refractivity (Wildman–Crippen MR) is 112 cm³/mol. The monoisotopic (exact) mass is 365 g/mol. The normalized spacial score (nSPS) is 13.8. The third-order valence-corrected chi connectivity index (χ3v) is 4.82. The number of aromatic nitrogens is 1. The molecule has 2 N–H and O–H groups in total. The molecule has 3 rings (SSSR count). The maximum atomic E-state index is 6.48. The van der Waals surface area contributed by atoms with Crippen LogP contribution in [0.1, 0.15) is 18.1 Å². The molecule has 3 nitrogen and oxygen atoms in total. The van der Waals surface area contributed by atoms with Crippen LogP contribution in [0.3, 0.4) is 0 Å². The van der Waals surface area contributed by atoms with E-state index < -0.39 is 5.54 Å². The van der Waals surface area contributed by atoms with Crippen LogP contribution in [0, 0.1) is 0 Å². The molecule has 0 saturated carbocycles. The maximum Gasteiger partial charge on any atom is 0.0730 e. The molecule has 2 aromatic carbocycles. The Labute approximate surface area is 160 Å². The number of halogens is 1. The van der Waals surface area contributed by atoms with Crippen molar-refractivity contribution in [2.75, 3.05) is 20.6 Å². The summed E-state index contributed by atoms with van der Waals surface area (Å²) in [5.74, 6) is 0. The molecule has 0 aliphatic heterocycles. The number of hydrogen-bond acceptors (Lipinski definition) is 3.